The van der Waals surface area contributed by atoms with Crippen molar-refractivity contribution in [1.82, 2.24) is 5.32 Å². The summed E-state index contributed by atoms with van der Waals surface area (Å²) >= 11 is 0.788. The second-order valence-electron chi connectivity index (χ2n) is 5.17. The number of nitrogens with one attached hydrogen (secondary N) is 1. The minimum atomic E-state index is -1.02. The highest BCUT2D eigenvalue weighted by Crippen LogP contribution is 2.34. The van der Waals surface area contributed by atoms with Crippen LogP contribution in [0.5, 0.6) is 5.75 Å². The first-order chi connectivity index (χ1) is 11.9. The molecular weight excluding hydrogens is 348 g/mol. The van der Waals surface area contributed by atoms with Crippen LogP contribution in [0.15, 0.2) is 24.3 Å². The van der Waals surface area contributed by atoms with Crippen LogP contribution < -0.4 is 15.0 Å². The minimum Gasteiger partial charge on any atom is -0.494 e. The van der Waals surface area contributed by atoms with E-state index < -0.39 is 28.3 Å². The first-order valence-corrected chi connectivity index (χ1v) is 8.56. The van der Waals surface area contributed by atoms with Gasteiger partial charge in [-0.15, -0.1) is 0 Å². The number of carbonyl (C=O) groups excluding carboxylic acids is 3. The van der Waals surface area contributed by atoms with E-state index in [1.807, 2.05) is 6.92 Å². The normalized spacial score (nSPS) is 16.8. The van der Waals surface area contributed by atoms with Crippen LogP contribution in [0.4, 0.5) is 10.5 Å². The molecule has 134 valence electrons. The van der Waals surface area contributed by atoms with Gasteiger partial charge in [-0.1, -0.05) is 0 Å². The summed E-state index contributed by atoms with van der Waals surface area (Å²) in [5.41, 5.74) is 0.416. The Morgan fingerprint density at radius 1 is 1.28 bits per heavy atom. The summed E-state index contributed by atoms with van der Waals surface area (Å²) in [6, 6.07) is 6.54. The number of aliphatic carboxylic acids is 1. The minimum absolute atomic E-state index is 0.0176. The van der Waals surface area contributed by atoms with Crippen LogP contribution in [0.3, 0.4) is 0 Å². The van der Waals surface area contributed by atoms with E-state index in [2.05, 4.69) is 5.32 Å². The summed E-state index contributed by atoms with van der Waals surface area (Å²) in [4.78, 5) is 47.8. The van der Waals surface area contributed by atoms with E-state index in [4.69, 9.17) is 9.84 Å². The number of hydrogen-bond acceptors (Lipinski definition) is 6. The van der Waals surface area contributed by atoms with Gasteiger partial charge in [0.2, 0.25) is 11.8 Å². The molecule has 0 bridgehead atoms. The SMILES string of the molecule is CCOc1ccc(N2C(=O)SC(CC(=O)NCCC(=O)O)C2=O)cc1. The number of thioether (sulfide) groups is 1. The Hall–Kier alpha value is -2.55. The third kappa shape index (κ3) is 4.96. The van der Waals surface area contributed by atoms with E-state index in [1.54, 1.807) is 24.3 Å². The lowest BCUT2D eigenvalue weighted by Gasteiger charge is -2.14. The Morgan fingerprint density at radius 2 is 1.96 bits per heavy atom. The molecule has 1 aromatic rings. The van der Waals surface area contributed by atoms with Gasteiger partial charge in [-0.05, 0) is 43.0 Å². The maximum absolute atomic E-state index is 12.4. The fraction of sp³-hybridized carbons (Fsp3) is 0.375. The molecule has 1 saturated heterocycles. The number of nitrogens with zero attached hydrogens (tertiary/aromatic N) is 1. The van der Waals surface area contributed by atoms with Crippen molar-refractivity contribution in [2.75, 3.05) is 18.1 Å². The molecule has 0 radical (unpaired) electrons. The third-order valence-corrected chi connectivity index (χ3v) is 4.40. The molecule has 0 spiro atoms. The predicted molar refractivity (Wildman–Crippen MR) is 91.8 cm³/mol. The second-order valence-corrected chi connectivity index (χ2v) is 6.32. The molecule has 3 amide bonds. The second kappa shape index (κ2) is 8.52. The van der Waals surface area contributed by atoms with Crippen molar-refractivity contribution in [3.8, 4) is 5.75 Å². The van der Waals surface area contributed by atoms with Crippen molar-refractivity contribution < 1.29 is 29.0 Å². The fourth-order valence-electron chi connectivity index (χ4n) is 2.23. The van der Waals surface area contributed by atoms with Gasteiger partial charge >= 0.3 is 5.97 Å². The number of carbonyl (C=O) groups is 4. The molecule has 2 N–H and O–H groups in total. The molecule has 2 rings (SSSR count). The van der Waals surface area contributed by atoms with Crippen LogP contribution in [0.1, 0.15) is 19.8 Å². The summed E-state index contributed by atoms with van der Waals surface area (Å²) in [6.07, 6.45) is -0.378. The molecule has 0 aromatic heterocycles. The van der Waals surface area contributed by atoms with Gasteiger partial charge in [0.1, 0.15) is 11.0 Å². The maximum Gasteiger partial charge on any atom is 0.305 e. The number of hydrogen-bond donors (Lipinski definition) is 2. The van der Waals surface area contributed by atoms with Crippen LogP contribution in [-0.2, 0) is 14.4 Å². The van der Waals surface area contributed by atoms with Gasteiger partial charge < -0.3 is 15.2 Å². The Bertz CT molecular complexity index is 676. The molecule has 1 aliphatic heterocycles. The molecule has 1 aromatic carbocycles. The van der Waals surface area contributed by atoms with Crippen molar-refractivity contribution in [1.29, 1.82) is 0 Å². The molecular formula is C16H18N2O6S. The number of ether oxygens (including phenoxy) is 1. The Morgan fingerprint density at radius 3 is 2.56 bits per heavy atom. The summed E-state index contributed by atoms with van der Waals surface area (Å²) in [5, 5.41) is 9.69. The molecule has 1 aliphatic rings. The van der Waals surface area contributed by atoms with Crippen LogP contribution in [0.25, 0.3) is 0 Å². The van der Waals surface area contributed by atoms with Gasteiger partial charge in [-0.2, -0.15) is 0 Å². The highest BCUT2D eigenvalue weighted by Gasteiger charge is 2.41. The van der Waals surface area contributed by atoms with Crippen LogP contribution >= 0.6 is 11.8 Å². The Labute approximate surface area is 148 Å². The number of benzene rings is 1. The molecule has 1 heterocycles. The number of carboxylic acids is 1. The molecule has 9 heteroatoms. The summed E-state index contributed by atoms with van der Waals surface area (Å²) in [5.74, 6) is -1.32. The van der Waals surface area contributed by atoms with E-state index in [1.165, 1.54) is 0 Å². The van der Waals surface area contributed by atoms with Crippen molar-refractivity contribution in [2.45, 2.75) is 25.0 Å². The topological polar surface area (TPSA) is 113 Å². The van der Waals surface area contributed by atoms with E-state index in [0.717, 1.165) is 16.7 Å². The number of amides is 3. The first kappa shape index (κ1) is 18.8. The van der Waals surface area contributed by atoms with Crippen LogP contribution in [0.2, 0.25) is 0 Å². The quantitative estimate of drug-likeness (QED) is 0.719. The van der Waals surface area contributed by atoms with Crippen LogP contribution in [0, 0.1) is 0 Å². The average Bonchev–Trinajstić information content (AvgIpc) is 2.82. The summed E-state index contributed by atoms with van der Waals surface area (Å²) < 4.78 is 5.32. The number of rotatable bonds is 8. The summed E-state index contributed by atoms with van der Waals surface area (Å²) in [7, 11) is 0. The fourth-order valence-corrected chi connectivity index (χ4v) is 3.21. The molecule has 0 saturated carbocycles. The molecule has 25 heavy (non-hydrogen) atoms. The summed E-state index contributed by atoms with van der Waals surface area (Å²) in [6.45, 7) is 2.34. The van der Waals surface area contributed by atoms with E-state index in [0.29, 0.717) is 18.0 Å². The molecule has 0 aliphatic carbocycles. The van der Waals surface area contributed by atoms with E-state index in [-0.39, 0.29) is 19.4 Å². The highest BCUT2D eigenvalue weighted by atomic mass is 32.2. The lowest BCUT2D eigenvalue weighted by molar-refractivity contribution is -0.137. The molecule has 1 fully saturated rings. The van der Waals surface area contributed by atoms with Gasteiger partial charge in [0.25, 0.3) is 5.24 Å². The number of carboxylic acid groups (broad SMARTS) is 1. The number of imide groups is 1. The smallest absolute Gasteiger partial charge is 0.305 e. The van der Waals surface area contributed by atoms with Gasteiger partial charge in [0.05, 0.1) is 18.7 Å². The largest absolute Gasteiger partial charge is 0.494 e. The Kier molecular flexibility index (Phi) is 6.40. The predicted octanol–water partition coefficient (Wildman–Crippen LogP) is 1.63. The zero-order valence-electron chi connectivity index (χ0n) is 13.6. The first-order valence-electron chi connectivity index (χ1n) is 7.68. The van der Waals surface area contributed by atoms with E-state index >= 15 is 0 Å². The zero-order chi connectivity index (χ0) is 18.4. The van der Waals surface area contributed by atoms with Gasteiger partial charge in [-0.25, -0.2) is 4.90 Å². The van der Waals surface area contributed by atoms with Crippen molar-refractivity contribution in [3.63, 3.8) is 0 Å². The molecule has 1 atom stereocenters. The Balaban J connectivity index is 1.97. The molecule has 8 nitrogen and oxygen atoms in total. The highest BCUT2D eigenvalue weighted by molar-refractivity contribution is 8.15. The third-order valence-electron chi connectivity index (χ3n) is 3.36. The van der Waals surface area contributed by atoms with Gasteiger partial charge in [0, 0.05) is 13.0 Å². The number of anilines is 1. The van der Waals surface area contributed by atoms with Crippen molar-refractivity contribution >= 4 is 40.5 Å². The average molecular weight is 366 g/mol. The lowest BCUT2D eigenvalue weighted by Crippen LogP contribution is -2.34. The maximum atomic E-state index is 12.4. The van der Waals surface area contributed by atoms with Crippen molar-refractivity contribution in [3.05, 3.63) is 24.3 Å². The van der Waals surface area contributed by atoms with E-state index in [9.17, 15) is 19.2 Å². The van der Waals surface area contributed by atoms with Gasteiger partial charge in [-0.3, -0.25) is 19.2 Å². The zero-order valence-corrected chi connectivity index (χ0v) is 14.4. The molecule has 1 unspecified atom stereocenters. The lowest BCUT2D eigenvalue weighted by atomic mass is 10.2. The monoisotopic (exact) mass is 366 g/mol. The van der Waals surface area contributed by atoms with Crippen LogP contribution in [-0.4, -0.2) is 46.5 Å². The van der Waals surface area contributed by atoms with Gasteiger partial charge in [0.15, 0.2) is 0 Å². The van der Waals surface area contributed by atoms with Crippen molar-refractivity contribution in [2.24, 2.45) is 0 Å². The standard InChI is InChI=1S/C16H18N2O6S/c1-2-24-11-5-3-10(4-6-11)18-15(22)12(25-16(18)23)9-13(19)17-8-7-14(20)21/h3-6,12H,2,7-9H2,1H3,(H,17,19)(H,20,21).